The van der Waals surface area contributed by atoms with Crippen LogP contribution in [0.5, 0.6) is 0 Å². The van der Waals surface area contributed by atoms with Crippen LogP contribution >= 0.6 is 23.1 Å². The molecule has 1 aromatic heterocycles. The minimum Gasteiger partial charge on any atom is -0.135 e. The molecule has 0 nitrogen and oxygen atoms in total. The second kappa shape index (κ2) is 6.61. The van der Waals surface area contributed by atoms with Crippen LogP contribution in [0.3, 0.4) is 0 Å². The molecule has 0 saturated heterocycles. The monoisotopic (exact) mass is 332 g/mol. The Morgan fingerprint density at radius 3 is 2.26 bits per heavy atom. The predicted molar refractivity (Wildman–Crippen MR) is 103 cm³/mol. The molecule has 4 aromatic rings. The van der Waals surface area contributed by atoms with Gasteiger partial charge in [0.05, 0.1) is 0 Å². The van der Waals surface area contributed by atoms with Crippen LogP contribution in [0.2, 0.25) is 0 Å². The highest BCUT2D eigenvalue weighted by molar-refractivity contribution is 7.98. The van der Waals surface area contributed by atoms with Crippen LogP contribution in [0.4, 0.5) is 0 Å². The third-order valence-electron chi connectivity index (χ3n) is 3.81. The van der Waals surface area contributed by atoms with E-state index in [4.69, 9.17) is 0 Å². The van der Waals surface area contributed by atoms with E-state index in [-0.39, 0.29) is 0 Å². The van der Waals surface area contributed by atoms with Crippen molar-refractivity contribution in [3.8, 4) is 10.4 Å². The Morgan fingerprint density at radius 1 is 0.739 bits per heavy atom. The number of benzene rings is 3. The highest BCUT2D eigenvalue weighted by Gasteiger charge is 2.04. The number of hydrogen-bond donors (Lipinski definition) is 0. The lowest BCUT2D eigenvalue weighted by Crippen LogP contribution is -1.79. The lowest BCUT2D eigenvalue weighted by atomic mass is 10.1. The quantitative estimate of drug-likeness (QED) is 0.368. The van der Waals surface area contributed by atoms with Crippen LogP contribution in [0.15, 0.2) is 89.8 Å². The van der Waals surface area contributed by atoms with Crippen molar-refractivity contribution in [2.75, 3.05) is 0 Å². The van der Waals surface area contributed by atoms with E-state index in [2.05, 4.69) is 84.9 Å². The number of hydrogen-bond acceptors (Lipinski definition) is 2. The van der Waals surface area contributed by atoms with Crippen molar-refractivity contribution in [3.63, 3.8) is 0 Å². The van der Waals surface area contributed by atoms with Gasteiger partial charge < -0.3 is 0 Å². The lowest BCUT2D eigenvalue weighted by Gasteiger charge is -2.03. The van der Waals surface area contributed by atoms with Crippen LogP contribution in [-0.4, -0.2) is 0 Å². The molecule has 3 aromatic carbocycles. The van der Waals surface area contributed by atoms with Crippen molar-refractivity contribution in [2.45, 2.75) is 10.6 Å². The summed E-state index contributed by atoms with van der Waals surface area (Å²) in [5, 5.41) is 1.33. The third kappa shape index (κ3) is 3.34. The molecule has 23 heavy (non-hydrogen) atoms. The minimum atomic E-state index is 1.02. The van der Waals surface area contributed by atoms with Gasteiger partial charge in [0.15, 0.2) is 0 Å². The first-order valence-corrected chi connectivity index (χ1v) is 9.44. The molecule has 0 radical (unpaired) electrons. The molecule has 112 valence electrons. The summed E-state index contributed by atoms with van der Waals surface area (Å²) in [5.74, 6) is 1.02. The van der Waals surface area contributed by atoms with Crippen molar-refractivity contribution in [2.24, 2.45) is 0 Å². The van der Waals surface area contributed by atoms with Gasteiger partial charge >= 0.3 is 0 Å². The molecule has 0 bridgehead atoms. The van der Waals surface area contributed by atoms with Crippen molar-refractivity contribution < 1.29 is 0 Å². The van der Waals surface area contributed by atoms with E-state index in [1.165, 1.54) is 31.0 Å². The Kier molecular flexibility index (Phi) is 4.18. The number of rotatable bonds is 4. The van der Waals surface area contributed by atoms with Gasteiger partial charge in [-0.05, 0) is 40.8 Å². The molecular formula is C21H16S2. The largest absolute Gasteiger partial charge is 0.135 e. The van der Waals surface area contributed by atoms with E-state index in [1.54, 1.807) is 0 Å². The Bertz CT molecular complexity index is 872. The van der Waals surface area contributed by atoms with Crippen molar-refractivity contribution in [1.82, 2.24) is 0 Å². The highest BCUT2D eigenvalue weighted by atomic mass is 32.2. The molecule has 0 spiro atoms. The van der Waals surface area contributed by atoms with Gasteiger partial charge in [-0.1, -0.05) is 60.7 Å². The summed E-state index contributed by atoms with van der Waals surface area (Å²) in [5.41, 5.74) is 2.67. The molecule has 0 amide bonds. The van der Waals surface area contributed by atoms with Crippen molar-refractivity contribution >= 4 is 33.2 Å². The summed E-state index contributed by atoms with van der Waals surface area (Å²) in [7, 11) is 0. The molecule has 0 atom stereocenters. The zero-order chi connectivity index (χ0) is 15.5. The van der Waals surface area contributed by atoms with Crippen LogP contribution in [0, 0.1) is 0 Å². The van der Waals surface area contributed by atoms with E-state index in [1.807, 2.05) is 23.1 Å². The Balaban J connectivity index is 1.51. The number of fused-ring (bicyclic) bond motifs is 1. The van der Waals surface area contributed by atoms with Gasteiger partial charge in [0, 0.05) is 20.2 Å². The molecule has 0 N–H and O–H groups in total. The molecule has 2 heteroatoms. The van der Waals surface area contributed by atoms with Gasteiger partial charge in [-0.25, -0.2) is 0 Å². The van der Waals surface area contributed by atoms with Gasteiger partial charge in [-0.2, -0.15) is 0 Å². The van der Waals surface area contributed by atoms with E-state index >= 15 is 0 Å². The molecule has 4 rings (SSSR count). The maximum absolute atomic E-state index is 2.28. The third-order valence-corrected chi connectivity index (χ3v) is 6.06. The maximum Gasteiger partial charge on any atom is 0.0355 e. The molecule has 0 aliphatic carbocycles. The van der Waals surface area contributed by atoms with Gasteiger partial charge in [0.2, 0.25) is 0 Å². The normalized spacial score (nSPS) is 11.0. The molecule has 0 aliphatic heterocycles. The van der Waals surface area contributed by atoms with Gasteiger partial charge in [0.25, 0.3) is 0 Å². The lowest BCUT2D eigenvalue weighted by molar-refractivity contribution is 1.38. The fraction of sp³-hybridized carbons (Fsp3) is 0.0476. The first kappa shape index (κ1) is 14.6. The summed E-state index contributed by atoms with van der Waals surface area (Å²) in [6.07, 6.45) is 0. The molecule has 0 saturated carbocycles. The summed E-state index contributed by atoms with van der Waals surface area (Å²) in [6.45, 7) is 0. The Labute approximate surface area is 144 Å². The summed E-state index contributed by atoms with van der Waals surface area (Å²) in [4.78, 5) is 2.66. The Morgan fingerprint density at radius 2 is 1.48 bits per heavy atom. The Hall–Kier alpha value is -2.03. The van der Waals surface area contributed by atoms with E-state index in [9.17, 15) is 0 Å². The summed E-state index contributed by atoms with van der Waals surface area (Å²) < 4.78 is 1.35. The minimum absolute atomic E-state index is 1.02. The zero-order valence-corrected chi connectivity index (χ0v) is 14.2. The second-order valence-corrected chi connectivity index (χ2v) is 7.58. The average molecular weight is 332 g/mol. The van der Waals surface area contributed by atoms with Crippen molar-refractivity contribution in [3.05, 3.63) is 90.5 Å². The maximum atomic E-state index is 2.28. The smallest absolute Gasteiger partial charge is 0.0355 e. The van der Waals surface area contributed by atoms with E-state index < -0.39 is 0 Å². The average Bonchev–Trinajstić information content (AvgIpc) is 3.05. The fourth-order valence-corrected chi connectivity index (χ4v) is 4.50. The molecule has 0 aliphatic rings. The standard InChI is InChI=1S/C21H16S2/c1-2-6-16(7-3-1)15-22-19-12-10-17(11-13-19)21-14-18-8-4-5-9-20(18)23-21/h1-14H,15H2. The van der Waals surface area contributed by atoms with Gasteiger partial charge in [0.1, 0.15) is 0 Å². The number of thiophene rings is 1. The van der Waals surface area contributed by atoms with Crippen LogP contribution in [-0.2, 0) is 5.75 Å². The predicted octanol–water partition coefficient (Wildman–Crippen LogP) is 6.86. The van der Waals surface area contributed by atoms with E-state index in [0.29, 0.717) is 0 Å². The van der Waals surface area contributed by atoms with Crippen LogP contribution in [0.25, 0.3) is 20.5 Å². The SMILES string of the molecule is c1ccc(CSc2ccc(-c3cc4ccccc4s3)cc2)cc1. The van der Waals surface area contributed by atoms with Crippen LogP contribution < -0.4 is 0 Å². The van der Waals surface area contributed by atoms with Gasteiger partial charge in [-0.15, -0.1) is 23.1 Å². The second-order valence-electron chi connectivity index (χ2n) is 5.45. The van der Waals surface area contributed by atoms with E-state index in [0.717, 1.165) is 5.75 Å². The summed E-state index contributed by atoms with van der Waals surface area (Å²) >= 11 is 3.75. The van der Waals surface area contributed by atoms with Crippen LogP contribution in [0.1, 0.15) is 5.56 Å². The highest BCUT2D eigenvalue weighted by Crippen LogP contribution is 2.34. The van der Waals surface area contributed by atoms with Crippen molar-refractivity contribution in [1.29, 1.82) is 0 Å². The van der Waals surface area contributed by atoms with Gasteiger partial charge in [-0.3, -0.25) is 0 Å². The molecule has 0 unspecified atom stereocenters. The summed E-state index contributed by atoms with van der Waals surface area (Å²) in [6, 6.07) is 30.4. The molecule has 1 heterocycles. The first-order chi connectivity index (χ1) is 11.4. The number of thioether (sulfide) groups is 1. The zero-order valence-electron chi connectivity index (χ0n) is 12.6. The first-order valence-electron chi connectivity index (χ1n) is 7.64. The topological polar surface area (TPSA) is 0 Å². The fourth-order valence-electron chi connectivity index (χ4n) is 2.58. The molecular weight excluding hydrogens is 316 g/mol. The molecule has 0 fully saturated rings.